The molecule has 0 spiro atoms. The summed E-state index contributed by atoms with van der Waals surface area (Å²) in [5.74, 6) is 5.77. The fraction of sp³-hybridized carbons (Fsp3) is 0.531. The molecule has 8 aliphatic rings. The third-order valence-electron chi connectivity index (χ3n) is 15.0. The number of hydrogen-bond acceptors (Lipinski definition) is 8. The Bertz CT molecular complexity index is 2380. The van der Waals surface area contributed by atoms with Gasteiger partial charge in [0, 0.05) is 42.1 Å². The van der Waals surface area contributed by atoms with Crippen molar-refractivity contribution in [3.05, 3.63) is 106 Å². The highest BCUT2D eigenvalue weighted by Gasteiger charge is 2.49. The molecule has 11 nitrogen and oxygen atoms in total. The minimum absolute atomic E-state index is 0.0583. The maximum atomic E-state index is 14.1. The van der Waals surface area contributed by atoms with E-state index in [1.54, 1.807) is 12.1 Å². The summed E-state index contributed by atoms with van der Waals surface area (Å²) in [5.41, 5.74) is 16.3. The molecule has 1 saturated carbocycles. The number of fused-ring (bicyclic) bond motifs is 9. The van der Waals surface area contributed by atoms with Crippen LogP contribution in [0.3, 0.4) is 0 Å². The number of nitrogens with two attached hydrogens (primary N) is 2. The van der Waals surface area contributed by atoms with Crippen LogP contribution in [0.5, 0.6) is 11.5 Å². The third-order valence-corrected chi connectivity index (χ3v) is 16.3. The molecule has 61 heavy (non-hydrogen) atoms. The highest BCUT2D eigenvalue weighted by atomic mass is 32.2. The number of ether oxygens (including phenoxy) is 2. The van der Waals surface area contributed by atoms with E-state index >= 15 is 0 Å². The van der Waals surface area contributed by atoms with Crippen LogP contribution >= 0.6 is 0 Å². The van der Waals surface area contributed by atoms with Gasteiger partial charge in [0.15, 0.2) is 5.96 Å². The highest BCUT2D eigenvalue weighted by Crippen LogP contribution is 2.55. The number of aliphatic hydroxyl groups is 2. The summed E-state index contributed by atoms with van der Waals surface area (Å²) >= 11 is 0. The molecule has 3 aromatic rings. The molecule has 10 atom stereocenters. The minimum atomic E-state index is -4.63. The predicted molar refractivity (Wildman–Crippen MR) is 233 cm³/mol. The number of phenolic OH excluding ortho intramolecular Hbond substituents is 1. The van der Waals surface area contributed by atoms with Gasteiger partial charge >= 0.3 is 0 Å². The van der Waals surface area contributed by atoms with Gasteiger partial charge in [-0.2, -0.15) is 8.42 Å². The van der Waals surface area contributed by atoms with Gasteiger partial charge in [-0.1, -0.05) is 74.1 Å². The number of benzene rings is 3. The first-order chi connectivity index (χ1) is 29.2. The lowest BCUT2D eigenvalue weighted by Gasteiger charge is -2.42. The van der Waals surface area contributed by atoms with Crippen LogP contribution < -0.4 is 16.2 Å². The molecule has 10 bridgehead atoms. The predicted octanol–water partition coefficient (Wildman–Crippen LogP) is 7.24. The zero-order chi connectivity index (χ0) is 42.7. The van der Waals surface area contributed by atoms with Crippen LogP contribution in [0.2, 0.25) is 0 Å². The van der Waals surface area contributed by atoms with Gasteiger partial charge in [0.2, 0.25) is 5.72 Å². The lowest BCUT2D eigenvalue weighted by atomic mass is 9.64. The molecular weight excluding hydrogens is 791 g/mol. The lowest BCUT2D eigenvalue weighted by molar-refractivity contribution is -0.0131. The van der Waals surface area contributed by atoms with Crippen LogP contribution in [0.1, 0.15) is 135 Å². The smallest absolute Gasteiger partial charge is 0.268 e. The quantitative estimate of drug-likeness (QED) is 0.0484. The topological polar surface area (TPSA) is 198 Å². The van der Waals surface area contributed by atoms with Gasteiger partial charge in [-0.3, -0.25) is 4.55 Å². The number of rotatable bonds is 6. The zero-order valence-corrected chi connectivity index (χ0v) is 35.7. The Balaban J connectivity index is 1.25. The van der Waals surface area contributed by atoms with Gasteiger partial charge in [0.05, 0.1) is 17.0 Å². The van der Waals surface area contributed by atoms with Gasteiger partial charge in [0.1, 0.15) is 17.6 Å². The first-order valence-electron chi connectivity index (χ1n) is 22.2. The Morgan fingerprint density at radius 3 is 2.49 bits per heavy atom. The van der Waals surface area contributed by atoms with Gasteiger partial charge in [0.25, 0.3) is 10.1 Å². The first-order valence-corrected chi connectivity index (χ1v) is 23.7. The molecule has 5 heterocycles. The second-order valence-electron chi connectivity index (χ2n) is 19.0. The number of aromatic hydroxyl groups is 1. The monoisotopic (exact) mass is 849 g/mol. The van der Waals surface area contributed by atoms with Crippen molar-refractivity contribution in [2.75, 3.05) is 6.61 Å². The van der Waals surface area contributed by atoms with Gasteiger partial charge in [-0.05, 0) is 134 Å². The number of hydrogen-bond donors (Lipinski definition) is 6. The molecule has 0 radical (unpaired) electrons. The SMILES string of the molecule is C[C@H]1CCc2cc3ccc2[C@H]1CC(S(=O)(=O)O)C1C=C2C[C@H](C[C@@H]4C[C@@H](CO)CC#Cc5cc(O)ccc5[C@@H]2O4)[C@H]1c1ccc(cc1)[C@](CCC1(O)CCCC1)(N=C(N)N)O3. The highest BCUT2D eigenvalue weighted by molar-refractivity contribution is 7.86. The summed E-state index contributed by atoms with van der Waals surface area (Å²) in [6.45, 7) is 2.11. The summed E-state index contributed by atoms with van der Waals surface area (Å²) in [7, 11) is -4.63. The van der Waals surface area contributed by atoms with Crippen LogP contribution in [0.15, 0.2) is 77.3 Å². The Morgan fingerprint density at radius 1 is 0.984 bits per heavy atom. The fourth-order valence-corrected chi connectivity index (χ4v) is 13.0. The van der Waals surface area contributed by atoms with Crippen LogP contribution in [0, 0.1) is 35.5 Å². The van der Waals surface area contributed by atoms with Gasteiger partial charge in [-0.15, -0.1) is 0 Å². The summed E-state index contributed by atoms with van der Waals surface area (Å²) in [4.78, 5) is 4.84. The summed E-state index contributed by atoms with van der Waals surface area (Å²) < 4.78 is 53.8. The molecule has 5 aliphatic heterocycles. The maximum Gasteiger partial charge on any atom is 0.268 e. The standard InChI is InChI=1S/C49H59N3O8S/c1-29-7-8-33-24-38-14-16-40(33)42(29)27-44(61(56,57)58)43-26-35-22-34(25-39-21-30(28-53)5-4-6-32-23-37(54)13-15-41(32)46(35)59-39)45(43)31-9-11-36(12-10-31)49(60-38,52-47(50)51)20-19-48(55)17-2-3-18-48/h9-16,23-24,26,29-30,34,39,42-46,53-55H,2-3,5,7-8,17-22,25,27-28H2,1H3,(H4,50,51,52)(H,56,57,58)/t29-,30-,34+,39-,42-,43?,44?,45+,46+,49+/m0/s1. The summed E-state index contributed by atoms with van der Waals surface area (Å²) in [6.07, 6.45) is 9.32. The number of aliphatic hydroxyl groups excluding tert-OH is 1. The Morgan fingerprint density at radius 2 is 1.75 bits per heavy atom. The van der Waals surface area contributed by atoms with E-state index in [1.807, 2.05) is 48.5 Å². The number of aryl methyl sites for hydroxylation is 1. The van der Waals surface area contributed by atoms with Crippen molar-refractivity contribution < 1.29 is 37.8 Å². The average molecular weight is 850 g/mol. The largest absolute Gasteiger partial charge is 0.508 e. The Hall–Kier alpha value is -4.38. The molecular formula is C49H59N3O8S. The van der Waals surface area contributed by atoms with E-state index in [0.29, 0.717) is 68.2 Å². The lowest BCUT2D eigenvalue weighted by Crippen LogP contribution is -2.40. The number of aliphatic imine (C=N–C) groups is 1. The van der Waals surface area contributed by atoms with E-state index in [1.165, 1.54) is 0 Å². The van der Waals surface area contributed by atoms with Crippen molar-refractivity contribution >= 4 is 16.1 Å². The maximum absolute atomic E-state index is 14.1. The molecule has 11 rings (SSSR count). The van der Waals surface area contributed by atoms with Crippen LogP contribution in [0.4, 0.5) is 0 Å². The summed E-state index contributed by atoms with van der Waals surface area (Å²) in [5, 5.41) is 31.5. The number of guanidine groups is 1. The molecule has 2 fully saturated rings. The second kappa shape index (κ2) is 16.4. The van der Waals surface area contributed by atoms with E-state index in [9.17, 15) is 28.3 Å². The van der Waals surface area contributed by atoms with Crippen LogP contribution in [-0.2, 0) is 27.0 Å². The Labute approximate surface area is 359 Å². The average Bonchev–Trinajstić information content (AvgIpc) is 3.61. The van der Waals surface area contributed by atoms with Crippen LogP contribution in [-0.4, -0.2) is 57.8 Å². The first kappa shape index (κ1) is 41.9. The fourth-order valence-electron chi connectivity index (χ4n) is 11.9. The van der Waals surface area contributed by atoms with Gasteiger partial charge < -0.3 is 36.3 Å². The van der Waals surface area contributed by atoms with Gasteiger partial charge in [-0.25, -0.2) is 4.99 Å². The minimum Gasteiger partial charge on any atom is -0.508 e. The van der Waals surface area contributed by atoms with Crippen molar-refractivity contribution in [3.63, 3.8) is 0 Å². The number of phenols is 1. The molecule has 8 N–H and O–H groups in total. The van der Waals surface area contributed by atoms with Crippen molar-refractivity contribution in [1.29, 1.82) is 0 Å². The van der Waals surface area contributed by atoms with E-state index in [2.05, 4.69) is 24.8 Å². The van der Waals surface area contributed by atoms with E-state index < -0.39 is 38.7 Å². The van der Waals surface area contributed by atoms with Crippen molar-refractivity contribution in [1.82, 2.24) is 0 Å². The Kier molecular flexibility index (Phi) is 11.3. The molecule has 0 aromatic heterocycles. The van der Waals surface area contributed by atoms with E-state index in [-0.39, 0.29) is 60.4 Å². The van der Waals surface area contributed by atoms with Crippen molar-refractivity contribution in [2.45, 2.75) is 131 Å². The van der Waals surface area contributed by atoms with E-state index in [0.717, 1.165) is 53.5 Å². The zero-order valence-electron chi connectivity index (χ0n) is 34.9. The molecule has 324 valence electrons. The van der Waals surface area contributed by atoms with E-state index in [4.69, 9.17) is 25.9 Å². The molecule has 2 unspecified atom stereocenters. The third kappa shape index (κ3) is 8.32. The van der Waals surface area contributed by atoms with Crippen molar-refractivity contribution in [2.24, 2.45) is 40.1 Å². The number of nitrogens with zero attached hydrogens (tertiary/aromatic N) is 1. The molecule has 3 aromatic carbocycles. The molecule has 3 aliphatic carbocycles. The second-order valence-corrected chi connectivity index (χ2v) is 20.6. The summed E-state index contributed by atoms with van der Waals surface area (Å²) in [6, 6.07) is 19.1. The van der Waals surface area contributed by atoms with Crippen molar-refractivity contribution in [3.8, 4) is 23.3 Å². The molecule has 0 amide bonds. The normalized spacial score (nSPS) is 32.6. The molecule has 1 saturated heterocycles. The van der Waals surface area contributed by atoms with Crippen LogP contribution in [0.25, 0.3) is 0 Å². The number of allylic oxidation sites excluding steroid dienone is 1. The molecule has 12 heteroatoms.